The van der Waals surface area contributed by atoms with Crippen LogP contribution in [0.4, 0.5) is 14.5 Å². The van der Waals surface area contributed by atoms with Gasteiger partial charge in [0, 0.05) is 17.3 Å². The second kappa shape index (κ2) is 7.63. The van der Waals surface area contributed by atoms with Crippen molar-refractivity contribution in [3.63, 3.8) is 0 Å². The molecule has 1 amide bonds. The van der Waals surface area contributed by atoms with E-state index in [2.05, 4.69) is 20.9 Å². The van der Waals surface area contributed by atoms with Crippen LogP contribution in [0, 0.1) is 0 Å². The Bertz CT molecular complexity index is 1130. The molecule has 0 atom stereocenters. The van der Waals surface area contributed by atoms with Crippen LogP contribution in [-0.2, 0) is 0 Å². The van der Waals surface area contributed by atoms with Gasteiger partial charge in [0.05, 0.1) is 0 Å². The van der Waals surface area contributed by atoms with Crippen molar-refractivity contribution in [1.82, 2.24) is 0 Å². The second-order valence-corrected chi connectivity index (χ2v) is 7.17. The standard InChI is InChI=1S/C24H19F2NO3/c1-15(2)13-16-7-9-17(10-8-16)19-5-3-4-6-20(19)23(28)27-18-11-12-21-22(14-18)30-24(25,26)29-21/h3-14H,1-2H3,(H,27,28). The van der Waals surface area contributed by atoms with Crippen LogP contribution in [-0.4, -0.2) is 12.2 Å². The maximum absolute atomic E-state index is 13.2. The van der Waals surface area contributed by atoms with E-state index in [-0.39, 0.29) is 17.4 Å². The molecule has 1 aliphatic rings. The highest BCUT2D eigenvalue weighted by molar-refractivity contribution is 6.08. The number of hydrogen-bond acceptors (Lipinski definition) is 3. The van der Waals surface area contributed by atoms with E-state index < -0.39 is 6.29 Å². The van der Waals surface area contributed by atoms with Crippen LogP contribution >= 0.6 is 0 Å². The fourth-order valence-electron chi connectivity index (χ4n) is 3.25. The van der Waals surface area contributed by atoms with Gasteiger partial charge in [0.2, 0.25) is 0 Å². The van der Waals surface area contributed by atoms with Gasteiger partial charge in [-0.1, -0.05) is 54.1 Å². The number of allylic oxidation sites excluding steroid dienone is 1. The maximum atomic E-state index is 13.2. The molecule has 0 bridgehead atoms. The van der Waals surface area contributed by atoms with E-state index >= 15 is 0 Å². The zero-order valence-electron chi connectivity index (χ0n) is 16.4. The predicted octanol–water partition coefficient (Wildman–Crippen LogP) is 6.35. The molecule has 0 saturated heterocycles. The lowest BCUT2D eigenvalue weighted by Gasteiger charge is -2.11. The van der Waals surface area contributed by atoms with E-state index in [4.69, 9.17) is 0 Å². The highest BCUT2D eigenvalue weighted by Gasteiger charge is 2.43. The number of nitrogens with one attached hydrogen (secondary N) is 1. The average Bonchev–Trinajstić information content (AvgIpc) is 3.01. The monoisotopic (exact) mass is 407 g/mol. The summed E-state index contributed by atoms with van der Waals surface area (Å²) in [7, 11) is 0. The van der Waals surface area contributed by atoms with Gasteiger partial charge in [-0.3, -0.25) is 4.79 Å². The lowest BCUT2D eigenvalue weighted by molar-refractivity contribution is -0.286. The summed E-state index contributed by atoms with van der Waals surface area (Å²) in [6, 6.07) is 19.3. The summed E-state index contributed by atoms with van der Waals surface area (Å²) < 4.78 is 35.2. The zero-order valence-corrected chi connectivity index (χ0v) is 16.4. The van der Waals surface area contributed by atoms with E-state index in [1.165, 1.54) is 23.8 Å². The molecule has 1 aliphatic heterocycles. The van der Waals surface area contributed by atoms with Crippen LogP contribution in [0.25, 0.3) is 17.2 Å². The van der Waals surface area contributed by atoms with E-state index in [0.29, 0.717) is 11.3 Å². The summed E-state index contributed by atoms with van der Waals surface area (Å²) in [5.41, 5.74) is 4.74. The maximum Gasteiger partial charge on any atom is 0.586 e. The van der Waals surface area contributed by atoms with Crippen molar-refractivity contribution >= 4 is 17.7 Å². The first-order valence-electron chi connectivity index (χ1n) is 9.36. The van der Waals surface area contributed by atoms with Gasteiger partial charge < -0.3 is 14.8 Å². The van der Waals surface area contributed by atoms with Gasteiger partial charge in [-0.25, -0.2) is 0 Å². The number of hydrogen-bond donors (Lipinski definition) is 1. The Labute approximate surface area is 172 Å². The number of halogens is 2. The highest BCUT2D eigenvalue weighted by Crippen LogP contribution is 2.42. The van der Waals surface area contributed by atoms with Crippen molar-refractivity contribution < 1.29 is 23.0 Å². The minimum absolute atomic E-state index is 0.0742. The summed E-state index contributed by atoms with van der Waals surface area (Å²) in [5.74, 6) is -0.555. The molecule has 3 aromatic carbocycles. The average molecular weight is 407 g/mol. The number of benzene rings is 3. The van der Waals surface area contributed by atoms with E-state index in [1.807, 2.05) is 50.2 Å². The topological polar surface area (TPSA) is 47.6 Å². The molecule has 0 unspecified atom stereocenters. The minimum Gasteiger partial charge on any atom is -0.395 e. The normalized spacial score (nSPS) is 13.6. The van der Waals surface area contributed by atoms with Crippen molar-refractivity contribution in [1.29, 1.82) is 0 Å². The van der Waals surface area contributed by atoms with Crippen LogP contribution in [0.2, 0.25) is 0 Å². The van der Waals surface area contributed by atoms with Crippen LogP contribution in [0.1, 0.15) is 29.8 Å². The lowest BCUT2D eigenvalue weighted by atomic mass is 9.98. The Morgan fingerprint density at radius 3 is 2.37 bits per heavy atom. The Balaban J connectivity index is 1.58. The summed E-state index contributed by atoms with van der Waals surface area (Å²) in [4.78, 5) is 12.9. The number of amides is 1. The number of carbonyl (C=O) groups excluding carboxylic acids is 1. The predicted molar refractivity (Wildman–Crippen MR) is 112 cm³/mol. The Hall–Kier alpha value is -3.67. The van der Waals surface area contributed by atoms with Crippen molar-refractivity contribution in [2.45, 2.75) is 20.1 Å². The quantitative estimate of drug-likeness (QED) is 0.548. The number of alkyl halides is 2. The molecule has 6 heteroatoms. The molecule has 0 spiro atoms. The third-order valence-electron chi connectivity index (χ3n) is 4.51. The molecule has 3 aromatic rings. The smallest absolute Gasteiger partial charge is 0.395 e. The Morgan fingerprint density at radius 1 is 0.933 bits per heavy atom. The number of carbonyl (C=O) groups is 1. The molecule has 4 nitrogen and oxygen atoms in total. The molecule has 4 rings (SSSR count). The first kappa shape index (κ1) is 19.6. The summed E-state index contributed by atoms with van der Waals surface area (Å²) >= 11 is 0. The molecule has 0 radical (unpaired) electrons. The summed E-state index contributed by atoms with van der Waals surface area (Å²) in [5, 5.41) is 2.73. The molecule has 30 heavy (non-hydrogen) atoms. The molecule has 0 aliphatic carbocycles. The fraction of sp³-hybridized carbons (Fsp3) is 0.125. The zero-order chi connectivity index (χ0) is 21.3. The van der Waals surface area contributed by atoms with E-state index in [9.17, 15) is 13.6 Å². The molecule has 152 valence electrons. The van der Waals surface area contributed by atoms with Gasteiger partial charge in [-0.15, -0.1) is 8.78 Å². The Morgan fingerprint density at radius 2 is 1.63 bits per heavy atom. The lowest BCUT2D eigenvalue weighted by Crippen LogP contribution is -2.25. The minimum atomic E-state index is -3.70. The van der Waals surface area contributed by atoms with Gasteiger partial charge in [-0.2, -0.15) is 0 Å². The SMILES string of the molecule is CC(C)=Cc1ccc(-c2ccccc2C(=O)Nc2ccc3c(c2)OC(F)(F)O3)cc1. The van der Waals surface area contributed by atoms with Crippen molar-refractivity contribution in [2.75, 3.05) is 5.32 Å². The van der Waals surface area contributed by atoms with Crippen molar-refractivity contribution in [2.24, 2.45) is 0 Å². The molecule has 1 N–H and O–H groups in total. The third-order valence-corrected chi connectivity index (χ3v) is 4.51. The van der Waals surface area contributed by atoms with Gasteiger partial charge in [0.15, 0.2) is 11.5 Å². The molecular weight excluding hydrogens is 388 g/mol. The highest BCUT2D eigenvalue weighted by atomic mass is 19.3. The number of rotatable bonds is 4. The van der Waals surface area contributed by atoms with E-state index in [0.717, 1.165) is 16.7 Å². The number of fused-ring (bicyclic) bond motifs is 1. The van der Waals surface area contributed by atoms with Crippen molar-refractivity contribution in [3.8, 4) is 22.6 Å². The Kier molecular flexibility index (Phi) is 4.99. The van der Waals surface area contributed by atoms with Gasteiger partial charge in [-0.05, 0) is 48.7 Å². The van der Waals surface area contributed by atoms with Crippen molar-refractivity contribution in [3.05, 3.63) is 83.4 Å². The first-order valence-corrected chi connectivity index (χ1v) is 9.36. The molecule has 0 saturated carbocycles. The van der Waals surface area contributed by atoms with E-state index in [1.54, 1.807) is 12.1 Å². The molecule has 0 aromatic heterocycles. The molecule has 1 heterocycles. The summed E-state index contributed by atoms with van der Waals surface area (Å²) in [6.07, 6.45) is -1.62. The van der Waals surface area contributed by atoms with Gasteiger partial charge in [0.1, 0.15) is 0 Å². The largest absolute Gasteiger partial charge is 0.586 e. The number of ether oxygens (including phenoxy) is 2. The van der Waals surface area contributed by atoms with Gasteiger partial charge in [0.25, 0.3) is 5.91 Å². The van der Waals surface area contributed by atoms with Gasteiger partial charge >= 0.3 is 6.29 Å². The third kappa shape index (κ3) is 4.17. The van der Waals surface area contributed by atoms with Crippen LogP contribution in [0.15, 0.2) is 72.3 Å². The van der Waals surface area contributed by atoms with Crippen LogP contribution in [0.3, 0.4) is 0 Å². The molecule has 0 fully saturated rings. The summed E-state index contributed by atoms with van der Waals surface area (Å²) in [6.45, 7) is 4.07. The van der Waals surface area contributed by atoms with Crippen LogP contribution in [0.5, 0.6) is 11.5 Å². The fourth-order valence-corrected chi connectivity index (χ4v) is 3.25. The second-order valence-electron chi connectivity index (χ2n) is 7.17. The number of anilines is 1. The van der Waals surface area contributed by atoms with Crippen LogP contribution < -0.4 is 14.8 Å². The first-order chi connectivity index (χ1) is 14.3. The molecular formula is C24H19F2NO3.